The molecule has 0 fully saturated rings. The fourth-order valence-electron chi connectivity index (χ4n) is 4.24. The molecule has 0 bridgehead atoms. The Morgan fingerprint density at radius 1 is 1.20 bits per heavy atom. The van der Waals surface area contributed by atoms with Crippen LogP contribution in [0.2, 0.25) is 0 Å². The van der Waals surface area contributed by atoms with Crippen LogP contribution in [-0.4, -0.2) is 22.0 Å². The van der Waals surface area contributed by atoms with Crippen molar-refractivity contribution in [3.05, 3.63) is 83.7 Å². The first-order valence-corrected chi connectivity index (χ1v) is 10.6. The molecule has 2 aromatic heterocycles. The zero-order chi connectivity index (χ0) is 21.3. The van der Waals surface area contributed by atoms with Gasteiger partial charge < -0.3 is 14.9 Å². The monoisotopic (exact) mass is 399 g/mol. The number of H-pyrrole nitrogens is 1. The van der Waals surface area contributed by atoms with Crippen molar-refractivity contribution in [3.63, 3.8) is 0 Å². The molecule has 0 saturated heterocycles. The Labute approximate surface area is 177 Å². The van der Waals surface area contributed by atoms with E-state index in [9.17, 15) is 4.79 Å². The highest BCUT2D eigenvalue weighted by molar-refractivity contribution is 6.02. The minimum absolute atomic E-state index is 0.0310. The molecule has 4 nitrogen and oxygen atoms in total. The Morgan fingerprint density at radius 3 is 2.77 bits per heavy atom. The summed E-state index contributed by atoms with van der Waals surface area (Å²) in [6.45, 7) is 11.5. The molecule has 0 spiro atoms. The van der Waals surface area contributed by atoms with Crippen molar-refractivity contribution in [1.29, 1.82) is 0 Å². The first-order chi connectivity index (χ1) is 14.5. The number of benzene rings is 2. The smallest absolute Gasteiger partial charge is 0.268 e. The van der Waals surface area contributed by atoms with Crippen LogP contribution in [0.5, 0.6) is 0 Å². The van der Waals surface area contributed by atoms with Crippen molar-refractivity contribution in [3.8, 4) is 0 Å². The SMILES string of the molecule is C=CCn1c(C(=O)NCCc2c[nH]c3ccccc23)c(C)c2cc(C(C)C)ccc21. The molecule has 4 aromatic rings. The minimum atomic E-state index is -0.0310. The van der Waals surface area contributed by atoms with E-state index in [1.165, 1.54) is 16.5 Å². The summed E-state index contributed by atoms with van der Waals surface area (Å²) in [4.78, 5) is 16.5. The van der Waals surface area contributed by atoms with Crippen LogP contribution < -0.4 is 5.32 Å². The summed E-state index contributed by atoms with van der Waals surface area (Å²) in [5.41, 5.74) is 6.47. The summed E-state index contributed by atoms with van der Waals surface area (Å²) in [6, 6.07) is 14.8. The van der Waals surface area contributed by atoms with Gasteiger partial charge in [0.25, 0.3) is 5.91 Å². The number of aryl methyl sites for hydroxylation is 1. The molecule has 0 saturated carbocycles. The molecule has 2 heterocycles. The lowest BCUT2D eigenvalue weighted by Gasteiger charge is -2.10. The Morgan fingerprint density at radius 2 is 2.00 bits per heavy atom. The van der Waals surface area contributed by atoms with Gasteiger partial charge in [0.1, 0.15) is 5.69 Å². The van der Waals surface area contributed by atoms with E-state index in [0.717, 1.165) is 34.1 Å². The summed E-state index contributed by atoms with van der Waals surface area (Å²) in [7, 11) is 0. The zero-order valence-corrected chi connectivity index (χ0v) is 18.0. The Kier molecular flexibility index (Phi) is 5.49. The molecule has 0 unspecified atom stereocenters. The van der Waals surface area contributed by atoms with Gasteiger partial charge in [0.15, 0.2) is 0 Å². The Bertz CT molecular complexity index is 1230. The molecule has 1 amide bonds. The lowest BCUT2D eigenvalue weighted by atomic mass is 10.0. The highest BCUT2D eigenvalue weighted by Crippen LogP contribution is 2.29. The summed E-state index contributed by atoms with van der Waals surface area (Å²) in [5.74, 6) is 0.418. The molecule has 0 aliphatic rings. The molecular weight excluding hydrogens is 370 g/mol. The van der Waals surface area contributed by atoms with E-state index in [4.69, 9.17) is 0 Å². The first kappa shape index (κ1) is 20.0. The standard InChI is InChI=1S/C26H29N3O/c1-5-14-29-24-11-10-19(17(2)3)15-22(24)18(4)25(29)26(30)27-13-12-20-16-28-23-9-7-6-8-21(20)23/h5-11,15-17,28H,1,12-14H2,2-4H3,(H,27,30). The summed E-state index contributed by atoms with van der Waals surface area (Å²) >= 11 is 0. The fraction of sp³-hybridized carbons (Fsp3) is 0.269. The normalized spacial score (nSPS) is 11.5. The lowest BCUT2D eigenvalue weighted by molar-refractivity contribution is 0.0945. The predicted octanol–water partition coefficient (Wildman–Crippen LogP) is 5.71. The van der Waals surface area contributed by atoms with Gasteiger partial charge >= 0.3 is 0 Å². The lowest BCUT2D eigenvalue weighted by Crippen LogP contribution is -2.28. The number of amides is 1. The summed E-state index contributed by atoms with van der Waals surface area (Å²) in [5, 5.41) is 5.49. The molecule has 2 aromatic carbocycles. The molecule has 0 radical (unpaired) electrons. The van der Waals surface area contributed by atoms with E-state index in [1.807, 2.05) is 31.3 Å². The number of hydrogen-bond acceptors (Lipinski definition) is 1. The zero-order valence-electron chi connectivity index (χ0n) is 18.0. The van der Waals surface area contributed by atoms with Gasteiger partial charge in [-0.1, -0.05) is 44.2 Å². The third-order valence-corrected chi connectivity index (χ3v) is 5.89. The van der Waals surface area contributed by atoms with Crippen LogP contribution in [0.25, 0.3) is 21.8 Å². The van der Waals surface area contributed by atoms with Gasteiger partial charge in [-0.15, -0.1) is 6.58 Å². The number of para-hydroxylation sites is 1. The Hall–Kier alpha value is -3.27. The maximum absolute atomic E-state index is 13.2. The van der Waals surface area contributed by atoms with Crippen molar-refractivity contribution in [2.24, 2.45) is 0 Å². The van der Waals surface area contributed by atoms with Crippen molar-refractivity contribution in [2.45, 2.75) is 39.7 Å². The van der Waals surface area contributed by atoms with Gasteiger partial charge in [-0.3, -0.25) is 4.79 Å². The number of carbonyl (C=O) groups is 1. The fourth-order valence-corrected chi connectivity index (χ4v) is 4.24. The van der Waals surface area contributed by atoms with Crippen LogP contribution in [0.4, 0.5) is 0 Å². The molecule has 0 atom stereocenters. The Balaban J connectivity index is 1.59. The van der Waals surface area contributed by atoms with E-state index in [-0.39, 0.29) is 5.91 Å². The van der Waals surface area contributed by atoms with Gasteiger partial charge in [-0.05, 0) is 54.2 Å². The quantitative estimate of drug-likeness (QED) is 0.384. The molecule has 0 aliphatic heterocycles. The largest absolute Gasteiger partial charge is 0.361 e. The van der Waals surface area contributed by atoms with Crippen LogP contribution >= 0.6 is 0 Å². The average molecular weight is 400 g/mol. The summed E-state index contributed by atoms with van der Waals surface area (Å²) < 4.78 is 2.07. The van der Waals surface area contributed by atoms with E-state index >= 15 is 0 Å². The molecule has 4 heteroatoms. The van der Waals surface area contributed by atoms with Crippen LogP contribution in [0.1, 0.15) is 46.9 Å². The third kappa shape index (κ3) is 3.54. The summed E-state index contributed by atoms with van der Waals surface area (Å²) in [6.07, 6.45) is 4.66. The van der Waals surface area contributed by atoms with Crippen molar-refractivity contribution in [2.75, 3.05) is 6.54 Å². The molecule has 4 rings (SSSR count). The first-order valence-electron chi connectivity index (χ1n) is 10.6. The number of carbonyl (C=O) groups excluding carboxylic acids is 1. The number of aromatic amines is 1. The van der Waals surface area contributed by atoms with Crippen LogP contribution in [0, 0.1) is 6.92 Å². The third-order valence-electron chi connectivity index (χ3n) is 5.89. The topological polar surface area (TPSA) is 49.8 Å². The average Bonchev–Trinajstić information content (AvgIpc) is 3.27. The van der Waals surface area contributed by atoms with Gasteiger partial charge in [-0.25, -0.2) is 0 Å². The second-order valence-corrected chi connectivity index (χ2v) is 8.17. The molecular formula is C26H29N3O. The van der Waals surface area contributed by atoms with Gasteiger partial charge in [0.05, 0.1) is 0 Å². The number of hydrogen-bond donors (Lipinski definition) is 2. The molecule has 2 N–H and O–H groups in total. The van der Waals surface area contributed by atoms with Crippen LogP contribution in [0.15, 0.2) is 61.3 Å². The van der Waals surface area contributed by atoms with Gasteiger partial charge in [0, 0.05) is 41.1 Å². The highest BCUT2D eigenvalue weighted by Gasteiger charge is 2.20. The predicted molar refractivity (Wildman–Crippen MR) is 125 cm³/mol. The second kappa shape index (κ2) is 8.23. The molecule has 0 aliphatic carbocycles. The van der Waals surface area contributed by atoms with Crippen molar-refractivity contribution < 1.29 is 4.79 Å². The van der Waals surface area contributed by atoms with Crippen molar-refractivity contribution in [1.82, 2.24) is 14.9 Å². The van der Waals surface area contributed by atoms with Crippen LogP contribution in [0.3, 0.4) is 0 Å². The minimum Gasteiger partial charge on any atom is -0.361 e. The van der Waals surface area contributed by atoms with Crippen LogP contribution in [-0.2, 0) is 13.0 Å². The molecule has 30 heavy (non-hydrogen) atoms. The van der Waals surface area contributed by atoms with Gasteiger partial charge in [-0.2, -0.15) is 0 Å². The number of rotatable bonds is 7. The van der Waals surface area contributed by atoms with E-state index in [0.29, 0.717) is 19.0 Å². The second-order valence-electron chi connectivity index (χ2n) is 8.17. The van der Waals surface area contributed by atoms with Gasteiger partial charge in [0.2, 0.25) is 0 Å². The number of fused-ring (bicyclic) bond motifs is 2. The number of allylic oxidation sites excluding steroid dienone is 1. The number of nitrogens with one attached hydrogen (secondary N) is 2. The van der Waals surface area contributed by atoms with E-state index in [1.54, 1.807) is 0 Å². The number of aromatic nitrogens is 2. The highest BCUT2D eigenvalue weighted by atomic mass is 16.1. The van der Waals surface area contributed by atoms with Crippen molar-refractivity contribution >= 4 is 27.7 Å². The molecule has 154 valence electrons. The van der Waals surface area contributed by atoms with E-state index in [2.05, 4.69) is 65.6 Å². The maximum Gasteiger partial charge on any atom is 0.268 e. The van der Waals surface area contributed by atoms with E-state index < -0.39 is 0 Å². The maximum atomic E-state index is 13.2. The number of nitrogens with zero attached hydrogens (tertiary/aromatic N) is 1.